The summed E-state index contributed by atoms with van der Waals surface area (Å²) in [5, 5.41) is 14.6. The van der Waals surface area contributed by atoms with E-state index in [0.29, 0.717) is 29.7 Å². The van der Waals surface area contributed by atoms with Crippen molar-refractivity contribution in [2.45, 2.75) is 5.92 Å². The van der Waals surface area contributed by atoms with Crippen molar-refractivity contribution >= 4 is 17.5 Å². The van der Waals surface area contributed by atoms with Crippen molar-refractivity contribution in [1.82, 2.24) is 14.7 Å². The summed E-state index contributed by atoms with van der Waals surface area (Å²) in [5.41, 5.74) is 1.43. The Morgan fingerprint density at radius 2 is 2.08 bits per heavy atom. The van der Waals surface area contributed by atoms with Gasteiger partial charge in [-0.25, -0.2) is 4.68 Å². The average Bonchev–Trinajstić information content (AvgIpc) is 3.18. The number of hydrogen-bond acceptors (Lipinski definition) is 4. The molecule has 0 saturated carbocycles. The van der Waals surface area contributed by atoms with Gasteiger partial charge in [-0.15, -0.1) is 0 Å². The second kappa shape index (κ2) is 6.83. The Labute approximate surface area is 145 Å². The van der Waals surface area contributed by atoms with Gasteiger partial charge in [-0.05, 0) is 17.7 Å². The molecule has 6 nitrogen and oxygen atoms in total. The largest absolute Gasteiger partial charge is 0.481 e. The molecule has 3 rings (SSSR count). The molecule has 0 bridgehead atoms. The number of aliphatic hydroxyl groups is 1. The van der Waals surface area contributed by atoms with Gasteiger partial charge in [-0.3, -0.25) is 4.79 Å². The molecule has 1 amide bonds. The van der Waals surface area contributed by atoms with Crippen LogP contribution in [0.5, 0.6) is 5.88 Å². The normalized spacial score (nSPS) is 20.4. The van der Waals surface area contributed by atoms with E-state index in [1.165, 1.54) is 4.68 Å². The lowest BCUT2D eigenvalue weighted by atomic mass is 9.90. The van der Waals surface area contributed by atoms with Gasteiger partial charge in [-0.1, -0.05) is 23.7 Å². The van der Waals surface area contributed by atoms with E-state index in [4.69, 9.17) is 16.3 Å². The van der Waals surface area contributed by atoms with Crippen LogP contribution >= 0.6 is 11.6 Å². The number of carbonyl (C=O) groups is 1. The number of likely N-dealkylation sites (tertiary alicyclic amines) is 1. The fourth-order valence-electron chi connectivity index (χ4n) is 3.22. The molecule has 1 aliphatic rings. The highest BCUT2D eigenvalue weighted by molar-refractivity contribution is 6.30. The Bertz CT molecular complexity index is 729. The highest BCUT2D eigenvalue weighted by Crippen LogP contribution is 2.33. The molecule has 1 N–H and O–H groups in total. The minimum Gasteiger partial charge on any atom is -0.481 e. The first kappa shape index (κ1) is 16.8. The summed E-state index contributed by atoms with van der Waals surface area (Å²) in [6, 6.07) is 9.20. The van der Waals surface area contributed by atoms with Crippen LogP contribution in [0.4, 0.5) is 0 Å². The number of rotatable bonds is 4. The maximum absolute atomic E-state index is 12.7. The zero-order chi connectivity index (χ0) is 17.3. The molecule has 1 saturated heterocycles. The molecule has 0 spiro atoms. The van der Waals surface area contributed by atoms with Crippen LogP contribution in [-0.4, -0.2) is 52.5 Å². The van der Waals surface area contributed by atoms with Gasteiger partial charge >= 0.3 is 0 Å². The number of ether oxygens (including phenoxy) is 1. The van der Waals surface area contributed by atoms with Gasteiger partial charge < -0.3 is 14.7 Å². The summed E-state index contributed by atoms with van der Waals surface area (Å²) in [6.07, 6.45) is 0. The fourth-order valence-corrected chi connectivity index (χ4v) is 3.34. The summed E-state index contributed by atoms with van der Waals surface area (Å²) < 4.78 is 6.69. The molecule has 128 valence electrons. The number of benzene rings is 1. The molecule has 0 radical (unpaired) electrons. The molecule has 0 aliphatic carbocycles. The number of hydrogen-bond donors (Lipinski definition) is 1. The van der Waals surface area contributed by atoms with Crippen LogP contribution in [-0.2, 0) is 7.05 Å². The zero-order valence-corrected chi connectivity index (χ0v) is 14.4. The smallest absolute Gasteiger partial charge is 0.274 e. The van der Waals surface area contributed by atoms with E-state index in [-0.39, 0.29) is 24.3 Å². The minimum atomic E-state index is -0.149. The van der Waals surface area contributed by atoms with Gasteiger partial charge in [0.25, 0.3) is 5.91 Å². The van der Waals surface area contributed by atoms with Crippen LogP contribution in [0, 0.1) is 5.92 Å². The second-order valence-electron chi connectivity index (χ2n) is 6.01. The number of aliphatic hydroxyl groups excluding tert-OH is 1. The number of carbonyl (C=O) groups excluding carboxylic acids is 1. The molecular formula is C17H20ClN3O3. The molecule has 7 heteroatoms. The molecule has 2 aromatic rings. The zero-order valence-electron chi connectivity index (χ0n) is 13.6. The summed E-state index contributed by atoms with van der Waals surface area (Å²) in [6.45, 7) is 1.08. The van der Waals surface area contributed by atoms with Crippen molar-refractivity contribution in [3.8, 4) is 5.88 Å². The average molecular weight is 350 g/mol. The lowest BCUT2D eigenvalue weighted by Crippen LogP contribution is -2.29. The monoisotopic (exact) mass is 349 g/mol. The summed E-state index contributed by atoms with van der Waals surface area (Å²) in [7, 11) is 3.27. The predicted octanol–water partition coefficient (Wildman–Crippen LogP) is 1.93. The van der Waals surface area contributed by atoms with Gasteiger partial charge in [-0.2, -0.15) is 5.10 Å². The molecule has 2 atom stereocenters. The van der Waals surface area contributed by atoms with Crippen molar-refractivity contribution in [2.24, 2.45) is 13.0 Å². The highest BCUT2D eigenvalue weighted by atomic mass is 35.5. The van der Waals surface area contributed by atoms with E-state index in [2.05, 4.69) is 5.10 Å². The van der Waals surface area contributed by atoms with Gasteiger partial charge in [0.05, 0.1) is 7.11 Å². The summed E-state index contributed by atoms with van der Waals surface area (Å²) in [4.78, 5) is 14.5. The van der Waals surface area contributed by atoms with E-state index in [1.54, 1.807) is 25.1 Å². The molecule has 24 heavy (non-hydrogen) atoms. The lowest BCUT2D eigenvalue weighted by Gasteiger charge is -2.16. The van der Waals surface area contributed by atoms with Crippen molar-refractivity contribution in [1.29, 1.82) is 0 Å². The Morgan fingerprint density at radius 3 is 2.67 bits per heavy atom. The third kappa shape index (κ3) is 3.12. The van der Waals surface area contributed by atoms with Crippen LogP contribution in [0.1, 0.15) is 22.0 Å². The van der Waals surface area contributed by atoms with Gasteiger partial charge in [0.1, 0.15) is 0 Å². The van der Waals surface area contributed by atoms with Gasteiger partial charge in [0, 0.05) is 49.7 Å². The lowest BCUT2D eigenvalue weighted by molar-refractivity contribution is 0.0774. The summed E-state index contributed by atoms with van der Waals surface area (Å²) in [5.74, 6) is 0.469. The standard InChI is InChI=1S/C17H20ClN3O3/c1-20-16(24-2)7-15(19-20)17(23)21-8-12(10-22)14(9-21)11-3-5-13(18)6-4-11/h3-7,12,14,22H,8-10H2,1-2H3/t12-,14-/m0/s1. The van der Waals surface area contributed by atoms with Crippen molar-refractivity contribution in [3.63, 3.8) is 0 Å². The highest BCUT2D eigenvalue weighted by Gasteiger charge is 2.36. The molecule has 1 aromatic carbocycles. The Kier molecular flexibility index (Phi) is 4.78. The topological polar surface area (TPSA) is 67.6 Å². The van der Waals surface area contributed by atoms with E-state index >= 15 is 0 Å². The van der Waals surface area contributed by atoms with E-state index in [0.717, 1.165) is 5.56 Å². The van der Waals surface area contributed by atoms with Crippen molar-refractivity contribution in [2.75, 3.05) is 26.8 Å². The first-order valence-electron chi connectivity index (χ1n) is 7.77. The molecule has 2 heterocycles. The van der Waals surface area contributed by atoms with Crippen LogP contribution in [0.2, 0.25) is 5.02 Å². The Balaban J connectivity index is 1.80. The number of methoxy groups -OCH3 is 1. The molecule has 1 fully saturated rings. The SMILES string of the molecule is COc1cc(C(=O)N2C[C@@H](CO)[C@H](c3ccc(Cl)cc3)C2)nn1C. The number of amides is 1. The summed E-state index contributed by atoms with van der Waals surface area (Å²) >= 11 is 5.94. The van der Waals surface area contributed by atoms with E-state index in [1.807, 2.05) is 24.3 Å². The third-order valence-corrected chi connectivity index (χ3v) is 4.78. The van der Waals surface area contributed by atoms with E-state index in [9.17, 15) is 9.90 Å². The number of aromatic nitrogens is 2. The van der Waals surface area contributed by atoms with Crippen LogP contribution in [0.15, 0.2) is 30.3 Å². The van der Waals surface area contributed by atoms with Crippen molar-refractivity contribution in [3.05, 3.63) is 46.6 Å². The van der Waals surface area contributed by atoms with Crippen LogP contribution in [0.3, 0.4) is 0 Å². The van der Waals surface area contributed by atoms with Crippen molar-refractivity contribution < 1.29 is 14.6 Å². The number of nitrogens with zero attached hydrogens (tertiary/aromatic N) is 3. The first-order chi connectivity index (χ1) is 11.5. The van der Waals surface area contributed by atoms with Crippen LogP contribution in [0.25, 0.3) is 0 Å². The maximum Gasteiger partial charge on any atom is 0.274 e. The minimum absolute atomic E-state index is 0.000679. The Hall–Kier alpha value is -2.05. The predicted molar refractivity (Wildman–Crippen MR) is 90.4 cm³/mol. The number of halogens is 1. The molecule has 1 aromatic heterocycles. The second-order valence-corrected chi connectivity index (χ2v) is 6.44. The first-order valence-corrected chi connectivity index (χ1v) is 8.15. The number of aryl methyl sites for hydroxylation is 1. The van der Waals surface area contributed by atoms with Gasteiger partial charge in [0.2, 0.25) is 5.88 Å². The molecule has 0 unspecified atom stereocenters. The Morgan fingerprint density at radius 1 is 1.38 bits per heavy atom. The quantitative estimate of drug-likeness (QED) is 0.915. The van der Waals surface area contributed by atoms with Crippen LogP contribution < -0.4 is 4.74 Å². The molecule has 1 aliphatic heterocycles. The maximum atomic E-state index is 12.7. The fraction of sp³-hybridized carbons (Fsp3) is 0.412. The van der Waals surface area contributed by atoms with E-state index < -0.39 is 0 Å². The third-order valence-electron chi connectivity index (χ3n) is 4.53. The molecular weight excluding hydrogens is 330 g/mol. The van der Waals surface area contributed by atoms with Gasteiger partial charge in [0.15, 0.2) is 5.69 Å².